The maximum atomic E-state index is 11.8. The summed E-state index contributed by atoms with van der Waals surface area (Å²) in [4.78, 5) is 4.79. The van der Waals surface area contributed by atoms with Crippen molar-refractivity contribution in [3.05, 3.63) is 161 Å². The van der Waals surface area contributed by atoms with E-state index in [-0.39, 0.29) is 0 Å². The van der Waals surface area contributed by atoms with Crippen molar-refractivity contribution in [1.82, 2.24) is 9.55 Å². The van der Waals surface area contributed by atoms with Gasteiger partial charge in [-0.2, -0.15) is 0 Å². The second kappa shape index (κ2) is 10.3. The Kier molecular flexibility index (Phi) is 7.23. The Bertz CT molecular complexity index is 1350. The van der Waals surface area contributed by atoms with Gasteiger partial charge >= 0.3 is 0 Å². The van der Waals surface area contributed by atoms with Crippen LogP contribution >= 0.6 is 0 Å². The summed E-state index contributed by atoms with van der Waals surface area (Å²) < 4.78 is 2.11. The van der Waals surface area contributed by atoms with Gasteiger partial charge in [0.25, 0.3) is 0 Å². The molecule has 0 aliphatic heterocycles. The molecule has 4 aromatic rings. The minimum absolute atomic E-state index is 0.589. The maximum absolute atomic E-state index is 11.8. The third kappa shape index (κ3) is 4.27. The van der Waals surface area contributed by atoms with Gasteiger partial charge in [-0.3, -0.25) is 0 Å². The van der Waals surface area contributed by atoms with E-state index < -0.39 is 11.1 Å². The zero-order valence-corrected chi connectivity index (χ0v) is 21.5. The van der Waals surface area contributed by atoms with Crippen LogP contribution in [-0.4, -0.2) is 14.7 Å². The number of rotatable bonds is 8. The van der Waals surface area contributed by atoms with Crippen molar-refractivity contribution in [1.29, 1.82) is 0 Å². The fourth-order valence-corrected chi connectivity index (χ4v) is 5.08. The molecule has 1 heterocycles. The van der Waals surface area contributed by atoms with Gasteiger partial charge in [-0.1, -0.05) is 110 Å². The topological polar surface area (TPSA) is 38.0 Å². The van der Waals surface area contributed by atoms with Gasteiger partial charge in [-0.25, -0.2) is 4.98 Å². The molecule has 0 fully saturated rings. The monoisotopic (exact) mass is 474 g/mol. The first-order valence-corrected chi connectivity index (χ1v) is 12.3. The molecule has 0 spiro atoms. The first kappa shape index (κ1) is 25.2. The molecule has 182 valence electrons. The molecule has 0 radical (unpaired) electrons. The average Bonchev–Trinajstić information content (AvgIpc) is 3.39. The fraction of sp³-hybridized carbons (Fsp3) is 0.182. The molecule has 0 saturated carbocycles. The highest BCUT2D eigenvalue weighted by atomic mass is 16.3. The van der Waals surface area contributed by atoms with Crippen molar-refractivity contribution in [3.63, 3.8) is 0 Å². The molecule has 0 amide bonds. The second-order valence-electron chi connectivity index (χ2n) is 9.29. The standard InChI is InChI=1S/C33H34N2O/c1-6-15-27(16-7-2)33(28-18-10-8-11-19-28,29-20-12-9-13-21-29)35-23-31(34-24-35)32(5,36)30-22-14-17-25(3)26(30)4/h6-24,36H,1H2,2-5H3/b16-7-,27-15+. The Labute approximate surface area is 214 Å². The van der Waals surface area contributed by atoms with Crippen molar-refractivity contribution in [2.24, 2.45) is 0 Å². The predicted octanol–water partition coefficient (Wildman–Crippen LogP) is 7.24. The Morgan fingerprint density at radius 2 is 1.53 bits per heavy atom. The summed E-state index contributed by atoms with van der Waals surface area (Å²) >= 11 is 0. The van der Waals surface area contributed by atoms with Crippen molar-refractivity contribution in [3.8, 4) is 0 Å². The van der Waals surface area contributed by atoms with Gasteiger partial charge in [-0.15, -0.1) is 0 Å². The average molecular weight is 475 g/mol. The first-order chi connectivity index (χ1) is 17.4. The van der Waals surface area contributed by atoms with Crippen molar-refractivity contribution < 1.29 is 5.11 Å². The minimum Gasteiger partial charge on any atom is -0.379 e. The highest BCUT2D eigenvalue weighted by Crippen LogP contribution is 2.43. The molecule has 1 atom stereocenters. The summed E-state index contributed by atoms with van der Waals surface area (Å²) in [6.45, 7) is 11.9. The van der Waals surface area contributed by atoms with E-state index in [9.17, 15) is 5.11 Å². The highest BCUT2D eigenvalue weighted by Gasteiger charge is 2.40. The first-order valence-electron chi connectivity index (χ1n) is 12.3. The predicted molar refractivity (Wildman–Crippen MR) is 149 cm³/mol. The van der Waals surface area contributed by atoms with Crippen LogP contribution in [0.4, 0.5) is 0 Å². The van der Waals surface area contributed by atoms with Crippen LogP contribution in [0.15, 0.2) is 128 Å². The molecule has 4 rings (SSSR count). The largest absolute Gasteiger partial charge is 0.379 e. The van der Waals surface area contributed by atoms with E-state index in [0.29, 0.717) is 5.69 Å². The van der Waals surface area contributed by atoms with E-state index in [4.69, 9.17) is 4.98 Å². The van der Waals surface area contributed by atoms with E-state index in [1.165, 1.54) is 0 Å². The number of imidazole rings is 1. The molecule has 0 bridgehead atoms. The molecule has 3 aromatic carbocycles. The van der Waals surface area contributed by atoms with Crippen LogP contribution in [0.5, 0.6) is 0 Å². The fourth-order valence-electron chi connectivity index (χ4n) is 5.08. The van der Waals surface area contributed by atoms with Gasteiger partial charge < -0.3 is 9.67 Å². The van der Waals surface area contributed by atoms with Crippen LogP contribution in [0.2, 0.25) is 0 Å². The molecule has 36 heavy (non-hydrogen) atoms. The van der Waals surface area contributed by atoms with Gasteiger partial charge in [0.15, 0.2) is 0 Å². The zero-order chi connectivity index (χ0) is 25.8. The number of aliphatic hydroxyl groups is 1. The lowest BCUT2D eigenvalue weighted by atomic mass is 9.75. The lowest BCUT2D eigenvalue weighted by Gasteiger charge is -2.38. The second-order valence-corrected chi connectivity index (χ2v) is 9.29. The third-order valence-corrected chi connectivity index (χ3v) is 7.04. The van der Waals surface area contributed by atoms with Crippen LogP contribution in [0, 0.1) is 13.8 Å². The third-order valence-electron chi connectivity index (χ3n) is 7.04. The summed E-state index contributed by atoms with van der Waals surface area (Å²) in [7, 11) is 0. The van der Waals surface area contributed by atoms with E-state index in [2.05, 4.69) is 78.7 Å². The molecule has 3 nitrogen and oxygen atoms in total. The lowest BCUT2D eigenvalue weighted by molar-refractivity contribution is 0.0969. The smallest absolute Gasteiger partial charge is 0.130 e. The van der Waals surface area contributed by atoms with Crippen LogP contribution in [0.25, 0.3) is 0 Å². The lowest BCUT2D eigenvalue weighted by Crippen LogP contribution is -2.37. The molecular weight excluding hydrogens is 440 g/mol. The van der Waals surface area contributed by atoms with E-state index >= 15 is 0 Å². The van der Waals surface area contributed by atoms with E-state index in [1.807, 2.05) is 75.8 Å². The number of hydrogen-bond acceptors (Lipinski definition) is 2. The molecule has 1 unspecified atom stereocenters. The van der Waals surface area contributed by atoms with Crippen LogP contribution in [0.1, 0.15) is 47.4 Å². The van der Waals surface area contributed by atoms with Crippen molar-refractivity contribution in [2.45, 2.75) is 38.8 Å². The Balaban J connectivity index is 2.04. The highest BCUT2D eigenvalue weighted by molar-refractivity contribution is 5.54. The number of benzene rings is 3. The van der Waals surface area contributed by atoms with Gasteiger partial charge in [-0.05, 0) is 61.1 Å². The molecule has 1 aromatic heterocycles. The molecule has 0 aliphatic rings. The number of allylic oxidation sites excluding steroid dienone is 5. The minimum atomic E-state index is -1.26. The number of aromatic nitrogens is 2. The maximum Gasteiger partial charge on any atom is 0.130 e. The zero-order valence-electron chi connectivity index (χ0n) is 21.5. The van der Waals surface area contributed by atoms with Crippen molar-refractivity contribution >= 4 is 0 Å². The number of hydrogen-bond donors (Lipinski definition) is 1. The summed E-state index contributed by atoms with van der Waals surface area (Å²) in [5, 5.41) is 11.8. The Morgan fingerprint density at radius 1 is 0.917 bits per heavy atom. The van der Waals surface area contributed by atoms with Gasteiger partial charge in [0.2, 0.25) is 0 Å². The number of nitrogens with zero attached hydrogens (tertiary/aromatic N) is 2. The van der Waals surface area contributed by atoms with Crippen LogP contribution < -0.4 is 0 Å². The molecule has 1 N–H and O–H groups in total. The van der Waals surface area contributed by atoms with Crippen LogP contribution in [0.3, 0.4) is 0 Å². The summed E-state index contributed by atoms with van der Waals surface area (Å²) in [5.41, 5.74) is 4.85. The van der Waals surface area contributed by atoms with Gasteiger partial charge in [0.1, 0.15) is 11.1 Å². The Morgan fingerprint density at radius 3 is 2.08 bits per heavy atom. The molecule has 0 aliphatic carbocycles. The molecule has 3 heteroatoms. The van der Waals surface area contributed by atoms with Gasteiger partial charge in [0, 0.05) is 6.20 Å². The van der Waals surface area contributed by atoms with Gasteiger partial charge in [0.05, 0.1) is 12.0 Å². The summed E-state index contributed by atoms with van der Waals surface area (Å²) in [6, 6.07) is 26.8. The molecule has 0 saturated heterocycles. The van der Waals surface area contributed by atoms with E-state index in [1.54, 1.807) is 0 Å². The quantitative estimate of drug-likeness (QED) is 0.273. The Hall–Kier alpha value is -3.95. The summed E-state index contributed by atoms with van der Waals surface area (Å²) in [6.07, 6.45) is 11.8. The van der Waals surface area contributed by atoms with Crippen LogP contribution in [-0.2, 0) is 11.1 Å². The number of aryl methyl sites for hydroxylation is 1. The molecular formula is C33H34N2O. The van der Waals surface area contributed by atoms with Crippen molar-refractivity contribution in [2.75, 3.05) is 0 Å². The summed E-state index contributed by atoms with van der Waals surface area (Å²) in [5.74, 6) is 0. The normalized spacial score (nSPS) is 14.1. The SMILES string of the molecule is C=C/C=C(\C=C/C)C(c1ccccc1)(c1ccccc1)n1cnc(C(C)(O)c2cccc(C)c2C)c1. The van der Waals surface area contributed by atoms with E-state index in [0.717, 1.165) is 33.4 Å².